The number of benzene rings is 1. The Balaban J connectivity index is 2.93. The van der Waals surface area contributed by atoms with Crippen molar-refractivity contribution in [3.05, 3.63) is 29.8 Å². The van der Waals surface area contributed by atoms with E-state index >= 15 is 0 Å². The van der Waals surface area contributed by atoms with Crippen LogP contribution in [0.1, 0.15) is 5.56 Å². The van der Waals surface area contributed by atoms with E-state index in [0.29, 0.717) is 5.75 Å². The van der Waals surface area contributed by atoms with E-state index in [-0.39, 0.29) is 0 Å². The third-order valence-electron chi connectivity index (χ3n) is 2.26. The molecule has 0 aliphatic carbocycles. The van der Waals surface area contributed by atoms with E-state index in [1.807, 2.05) is 31.2 Å². The predicted octanol–water partition coefficient (Wildman–Crippen LogP) is 2.61. The third-order valence-corrected chi connectivity index (χ3v) is 4.73. The van der Waals surface area contributed by atoms with Crippen LogP contribution in [0, 0.1) is 6.92 Å². The molecular formula is C11H19N2O2P. The first-order valence-corrected chi connectivity index (χ1v) is 6.61. The molecule has 0 aromatic heterocycles. The molecule has 0 heterocycles. The average Bonchev–Trinajstić information content (AvgIpc) is 2.20. The van der Waals surface area contributed by atoms with E-state index in [9.17, 15) is 4.57 Å². The lowest BCUT2D eigenvalue weighted by Crippen LogP contribution is -2.24. The maximum Gasteiger partial charge on any atom is 0.394 e. The number of aryl methyl sites for hydroxylation is 1. The van der Waals surface area contributed by atoms with Gasteiger partial charge in [0.15, 0.2) is 0 Å². The van der Waals surface area contributed by atoms with Crippen molar-refractivity contribution >= 4 is 7.67 Å². The van der Waals surface area contributed by atoms with Gasteiger partial charge in [-0.1, -0.05) is 17.7 Å². The predicted molar refractivity (Wildman–Crippen MR) is 66.8 cm³/mol. The second kappa shape index (κ2) is 5.00. The second-order valence-electron chi connectivity index (χ2n) is 4.09. The standard InChI is InChI=1S/C11H19N2O2P/c1-10-6-8-11(9-7-10)15-16(14,12(2)3)13(4)5/h6-9H,1-5H3. The zero-order chi connectivity index (χ0) is 12.3. The van der Waals surface area contributed by atoms with E-state index in [0.717, 1.165) is 5.56 Å². The monoisotopic (exact) mass is 242 g/mol. The van der Waals surface area contributed by atoms with Gasteiger partial charge in [-0.05, 0) is 47.2 Å². The summed E-state index contributed by atoms with van der Waals surface area (Å²) in [6.45, 7) is 2.00. The largest absolute Gasteiger partial charge is 0.422 e. The average molecular weight is 242 g/mol. The van der Waals surface area contributed by atoms with E-state index in [1.54, 1.807) is 37.5 Å². The van der Waals surface area contributed by atoms with Crippen LogP contribution in [0.5, 0.6) is 5.75 Å². The fraction of sp³-hybridized carbons (Fsp3) is 0.455. The molecule has 5 heteroatoms. The summed E-state index contributed by atoms with van der Waals surface area (Å²) in [5, 5.41) is 0. The smallest absolute Gasteiger partial charge is 0.394 e. The molecular weight excluding hydrogens is 223 g/mol. The van der Waals surface area contributed by atoms with E-state index in [2.05, 4.69) is 0 Å². The highest BCUT2D eigenvalue weighted by atomic mass is 31.2. The van der Waals surface area contributed by atoms with Crippen LogP contribution in [-0.2, 0) is 4.57 Å². The van der Waals surface area contributed by atoms with Crippen LogP contribution < -0.4 is 4.52 Å². The van der Waals surface area contributed by atoms with Gasteiger partial charge in [0.2, 0.25) is 0 Å². The Morgan fingerprint density at radius 3 is 1.81 bits per heavy atom. The molecule has 0 unspecified atom stereocenters. The molecule has 0 spiro atoms. The maximum absolute atomic E-state index is 12.5. The van der Waals surface area contributed by atoms with Gasteiger partial charge in [0.05, 0.1) is 0 Å². The highest BCUT2D eigenvalue weighted by Gasteiger charge is 2.30. The molecule has 1 rings (SSSR count). The minimum atomic E-state index is -2.93. The molecule has 1 aromatic rings. The van der Waals surface area contributed by atoms with Gasteiger partial charge in [0.25, 0.3) is 0 Å². The minimum Gasteiger partial charge on any atom is -0.422 e. The summed E-state index contributed by atoms with van der Waals surface area (Å²) in [4.78, 5) is 0. The lowest BCUT2D eigenvalue weighted by atomic mass is 10.2. The number of hydrogen-bond donors (Lipinski definition) is 0. The Hall–Kier alpha value is -0.830. The van der Waals surface area contributed by atoms with Crippen molar-refractivity contribution in [2.24, 2.45) is 0 Å². The van der Waals surface area contributed by atoms with Crippen molar-refractivity contribution in [1.29, 1.82) is 0 Å². The van der Waals surface area contributed by atoms with Crippen molar-refractivity contribution < 1.29 is 9.09 Å². The first-order valence-electron chi connectivity index (χ1n) is 5.08. The van der Waals surface area contributed by atoms with Crippen LogP contribution in [0.2, 0.25) is 0 Å². The second-order valence-corrected chi connectivity index (χ2v) is 6.85. The van der Waals surface area contributed by atoms with Crippen LogP contribution in [-0.4, -0.2) is 37.5 Å². The Morgan fingerprint density at radius 1 is 1.00 bits per heavy atom. The summed E-state index contributed by atoms with van der Waals surface area (Å²) < 4.78 is 21.3. The number of nitrogens with zero attached hydrogens (tertiary/aromatic N) is 2. The van der Waals surface area contributed by atoms with Crippen LogP contribution in [0.15, 0.2) is 24.3 Å². The molecule has 0 saturated carbocycles. The van der Waals surface area contributed by atoms with Gasteiger partial charge in [0.1, 0.15) is 5.75 Å². The highest BCUT2D eigenvalue weighted by molar-refractivity contribution is 7.54. The molecule has 0 aliphatic rings. The van der Waals surface area contributed by atoms with E-state index < -0.39 is 7.67 Å². The molecule has 1 aromatic carbocycles. The summed E-state index contributed by atoms with van der Waals surface area (Å²) in [5.41, 5.74) is 1.15. The number of hydrogen-bond acceptors (Lipinski definition) is 2. The molecule has 4 nitrogen and oxygen atoms in total. The van der Waals surface area contributed by atoms with E-state index in [4.69, 9.17) is 4.52 Å². The van der Waals surface area contributed by atoms with Crippen LogP contribution in [0.25, 0.3) is 0 Å². The van der Waals surface area contributed by atoms with Gasteiger partial charge in [-0.2, -0.15) is 0 Å². The van der Waals surface area contributed by atoms with Gasteiger partial charge in [-0.3, -0.25) is 0 Å². The summed E-state index contributed by atoms with van der Waals surface area (Å²) in [7, 11) is 4.05. The van der Waals surface area contributed by atoms with Gasteiger partial charge in [-0.25, -0.2) is 13.9 Å². The molecule has 16 heavy (non-hydrogen) atoms. The Labute approximate surface area is 97.4 Å². The SMILES string of the molecule is Cc1ccc(OP(=O)(N(C)C)N(C)C)cc1. The van der Waals surface area contributed by atoms with Crippen molar-refractivity contribution in [1.82, 2.24) is 9.34 Å². The van der Waals surface area contributed by atoms with Crippen molar-refractivity contribution in [2.45, 2.75) is 6.92 Å². The summed E-state index contributed by atoms with van der Waals surface area (Å²) >= 11 is 0. The van der Waals surface area contributed by atoms with Crippen LogP contribution >= 0.6 is 7.67 Å². The summed E-state index contributed by atoms with van der Waals surface area (Å²) in [5.74, 6) is 0.622. The number of rotatable bonds is 4. The van der Waals surface area contributed by atoms with Gasteiger partial charge < -0.3 is 4.52 Å². The molecule has 0 bridgehead atoms. The van der Waals surface area contributed by atoms with Gasteiger partial charge >= 0.3 is 7.67 Å². The third kappa shape index (κ3) is 2.85. The fourth-order valence-corrected chi connectivity index (χ4v) is 2.70. The summed E-state index contributed by atoms with van der Waals surface area (Å²) in [6, 6.07) is 7.53. The van der Waals surface area contributed by atoms with Crippen LogP contribution in [0.4, 0.5) is 0 Å². The fourth-order valence-electron chi connectivity index (χ4n) is 1.26. The zero-order valence-electron chi connectivity index (χ0n) is 10.5. The highest BCUT2D eigenvalue weighted by Crippen LogP contribution is 2.50. The molecule has 90 valence electrons. The first kappa shape index (κ1) is 13.2. The molecule has 0 atom stereocenters. The molecule has 0 radical (unpaired) electrons. The maximum atomic E-state index is 12.5. The zero-order valence-corrected chi connectivity index (χ0v) is 11.4. The Bertz CT molecular complexity index is 375. The molecule has 0 amide bonds. The van der Waals surface area contributed by atoms with Crippen LogP contribution in [0.3, 0.4) is 0 Å². The first-order chi connectivity index (χ1) is 7.36. The molecule has 0 saturated heterocycles. The minimum absolute atomic E-state index is 0.622. The topological polar surface area (TPSA) is 32.8 Å². The quantitative estimate of drug-likeness (QED) is 0.760. The van der Waals surface area contributed by atoms with Crippen molar-refractivity contribution in [3.63, 3.8) is 0 Å². The molecule has 0 fully saturated rings. The van der Waals surface area contributed by atoms with E-state index in [1.165, 1.54) is 0 Å². The Morgan fingerprint density at radius 2 is 1.44 bits per heavy atom. The normalized spacial score (nSPS) is 12.2. The molecule has 0 aliphatic heterocycles. The summed E-state index contributed by atoms with van der Waals surface area (Å²) in [6.07, 6.45) is 0. The van der Waals surface area contributed by atoms with Crippen molar-refractivity contribution in [2.75, 3.05) is 28.2 Å². The van der Waals surface area contributed by atoms with Crippen molar-refractivity contribution in [3.8, 4) is 5.75 Å². The Kier molecular flexibility index (Phi) is 4.14. The lowest BCUT2D eigenvalue weighted by Gasteiger charge is -2.29. The lowest BCUT2D eigenvalue weighted by molar-refractivity contribution is 0.354. The van der Waals surface area contributed by atoms with Gasteiger partial charge in [0, 0.05) is 0 Å². The van der Waals surface area contributed by atoms with Gasteiger partial charge in [-0.15, -0.1) is 0 Å². The molecule has 0 N–H and O–H groups in total.